The Morgan fingerprint density at radius 1 is 1.33 bits per heavy atom. The van der Waals surface area contributed by atoms with Crippen molar-refractivity contribution in [2.24, 2.45) is 0 Å². The van der Waals surface area contributed by atoms with Gasteiger partial charge in [0.05, 0.1) is 11.5 Å². The molecule has 2 aromatic carbocycles. The number of nitro groups is 1. The Hall–Kier alpha value is -3.33. The van der Waals surface area contributed by atoms with Crippen LogP contribution in [0.4, 0.5) is 10.1 Å². The molecule has 0 saturated heterocycles. The monoisotopic (exact) mass is 390 g/mol. The number of nitrogens with zero attached hydrogens (tertiary/aromatic N) is 4. The zero-order valence-electron chi connectivity index (χ0n) is 13.9. The SMILES string of the molecule is CCOC(=O)c1nc(-c2cccc(F)c2)nn1-c1cc(Cl)ccc1[N+](=O)[O-]. The van der Waals surface area contributed by atoms with Gasteiger partial charge in [-0.15, -0.1) is 5.10 Å². The molecule has 3 aromatic rings. The lowest BCUT2D eigenvalue weighted by atomic mass is 10.2. The smallest absolute Gasteiger partial charge is 0.376 e. The summed E-state index contributed by atoms with van der Waals surface area (Å²) in [5.41, 5.74) is -0.102. The van der Waals surface area contributed by atoms with Gasteiger partial charge in [0.2, 0.25) is 5.82 Å². The molecule has 0 fully saturated rings. The van der Waals surface area contributed by atoms with Gasteiger partial charge in [-0.25, -0.2) is 14.2 Å². The van der Waals surface area contributed by atoms with Crippen LogP contribution in [-0.2, 0) is 4.74 Å². The summed E-state index contributed by atoms with van der Waals surface area (Å²) in [6.07, 6.45) is 0. The molecule has 138 valence electrons. The molecule has 1 aromatic heterocycles. The van der Waals surface area contributed by atoms with E-state index in [1.54, 1.807) is 13.0 Å². The van der Waals surface area contributed by atoms with Gasteiger partial charge in [0.15, 0.2) is 5.82 Å². The second-order valence-corrected chi connectivity index (χ2v) is 5.73. The first-order valence-electron chi connectivity index (χ1n) is 7.75. The van der Waals surface area contributed by atoms with Crippen LogP contribution in [0.15, 0.2) is 42.5 Å². The van der Waals surface area contributed by atoms with E-state index in [0.717, 1.165) is 4.68 Å². The van der Waals surface area contributed by atoms with Crippen molar-refractivity contribution in [3.05, 3.63) is 69.2 Å². The number of rotatable bonds is 5. The summed E-state index contributed by atoms with van der Waals surface area (Å²) in [4.78, 5) is 27.1. The Kier molecular flexibility index (Phi) is 5.13. The lowest BCUT2D eigenvalue weighted by Crippen LogP contribution is -2.14. The topological polar surface area (TPSA) is 100 Å². The van der Waals surface area contributed by atoms with Crippen molar-refractivity contribution in [2.75, 3.05) is 6.61 Å². The Balaban J connectivity index is 2.24. The average Bonchev–Trinajstić information content (AvgIpc) is 3.07. The van der Waals surface area contributed by atoms with Crippen molar-refractivity contribution in [3.8, 4) is 17.1 Å². The van der Waals surface area contributed by atoms with Crippen LogP contribution in [0, 0.1) is 15.9 Å². The highest BCUT2D eigenvalue weighted by Crippen LogP contribution is 2.28. The van der Waals surface area contributed by atoms with E-state index in [1.807, 2.05) is 0 Å². The number of nitro benzene ring substituents is 1. The molecule has 0 N–H and O–H groups in total. The zero-order chi connectivity index (χ0) is 19.6. The number of benzene rings is 2. The van der Waals surface area contributed by atoms with Crippen LogP contribution in [0.1, 0.15) is 17.5 Å². The third kappa shape index (κ3) is 3.77. The molecular formula is C17H12ClFN4O4. The molecule has 1 heterocycles. The van der Waals surface area contributed by atoms with E-state index in [4.69, 9.17) is 16.3 Å². The summed E-state index contributed by atoms with van der Waals surface area (Å²) in [6.45, 7) is 1.67. The molecule has 0 atom stereocenters. The van der Waals surface area contributed by atoms with Crippen LogP contribution in [0.3, 0.4) is 0 Å². The maximum atomic E-state index is 13.5. The molecule has 27 heavy (non-hydrogen) atoms. The molecule has 0 spiro atoms. The highest BCUT2D eigenvalue weighted by molar-refractivity contribution is 6.30. The Labute approximate surface area is 157 Å². The van der Waals surface area contributed by atoms with E-state index in [9.17, 15) is 19.3 Å². The second-order valence-electron chi connectivity index (χ2n) is 5.29. The molecule has 0 bridgehead atoms. The third-order valence-electron chi connectivity index (χ3n) is 3.51. The summed E-state index contributed by atoms with van der Waals surface area (Å²) in [5.74, 6) is -1.63. The van der Waals surface area contributed by atoms with Crippen LogP contribution >= 0.6 is 11.6 Å². The van der Waals surface area contributed by atoms with Crippen LogP contribution in [0.5, 0.6) is 0 Å². The number of hydrogen-bond acceptors (Lipinski definition) is 6. The third-order valence-corrected chi connectivity index (χ3v) is 3.75. The Morgan fingerprint density at radius 3 is 2.78 bits per heavy atom. The lowest BCUT2D eigenvalue weighted by Gasteiger charge is -2.06. The number of hydrogen-bond donors (Lipinski definition) is 0. The van der Waals surface area contributed by atoms with Crippen molar-refractivity contribution in [1.29, 1.82) is 0 Å². The molecule has 0 radical (unpaired) electrons. The largest absolute Gasteiger partial charge is 0.460 e. The molecule has 0 amide bonds. The van der Waals surface area contributed by atoms with Gasteiger partial charge in [-0.1, -0.05) is 23.7 Å². The molecule has 0 aliphatic carbocycles. The molecule has 0 aliphatic rings. The summed E-state index contributed by atoms with van der Waals surface area (Å²) < 4.78 is 19.5. The van der Waals surface area contributed by atoms with Crippen LogP contribution in [-0.4, -0.2) is 32.3 Å². The molecule has 10 heteroatoms. The number of carbonyl (C=O) groups is 1. The molecule has 0 unspecified atom stereocenters. The van der Waals surface area contributed by atoms with E-state index in [1.165, 1.54) is 36.4 Å². The second kappa shape index (κ2) is 7.50. The molecule has 8 nitrogen and oxygen atoms in total. The maximum absolute atomic E-state index is 13.5. The van der Waals surface area contributed by atoms with Gasteiger partial charge in [0, 0.05) is 16.7 Å². The lowest BCUT2D eigenvalue weighted by molar-refractivity contribution is -0.384. The highest BCUT2D eigenvalue weighted by Gasteiger charge is 2.26. The van der Waals surface area contributed by atoms with Gasteiger partial charge in [-0.2, -0.15) is 4.68 Å². The van der Waals surface area contributed by atoms with Gasteiger partial charge in [0.25, 0.3) is 5.69 Å². The van der Waals surface area contributed by atoms with Crippen molar-refractivity contribution >= 4 is 23.3 Å². The Bertz CT molecular complexity index is 1040. The quantitative estimate of drug-likeness (QED) is 0.373. The number of ether oxygens (including phenoxy) is 1. The summed E-state index contributed by atoms with van der Waals surface area (Å²) in [5, 5.41) is 15.7. The van der Waals surface area contributed by atoms with E-state index < -0.39 is 16.7 Å². The minimum absolute atomic E-state index is 0.00632. The number of halogens is 2. The fourth-order valence-electron chi connectivity index (χ4n) is 2.38. The molecule has 3 rings (SSSR count). The van der Waals surface area contributed by atoms with Crippen LogP contribution in [0.2, 0.25) is 5.02 Å². The number of carbonyl (C=O) groups excluding carboxylic acids is 1. The zero-order valence-corrected chi connectivity index (χ0v) is 14.7. The maximum Gasteiger partial charge on any atom is 0.376 e. The standard InChI is InChI=1S/C17H12ClFN4O4/c1-2-27-17(24)16-20-15(10-4-3-5-12(19)8-10)21-22(16)14-9-11(18)6-7-13(14)23(25)26/h3-9H,2H2,1H3. The summed E-state index contributed by atoms with van der Waals surface area (Å²) in [6, 6.07) is 9.25. The van der Waals surface area contributed by atoms with Gasteiger partial charge in [-0.05, 0) is 31.2 Å². The molecular weight excluding hydrogens is 379 g/mol. The van der Waals surface area contributed by atoms with Crippen molar-refractivity contribution in [2.45, 2.75) is 6.92 Å². The normalized spacial score (nSPS) is 10.6. The minimum Gasteiger partial charge on any atom is -0.460 e. The van der Waals surface area contributed by atoms with E-state index in [-0.39, 0.29) is 34.7 Å². The summed E-state index contributed by atoms with van der Waals surface area (Å²) in [7, 11) is 0. The predicted molar refractivity (Wildman–Crippen MR) is 94.4 cm³/mol. The fraction of sp³-hybridized carbons (Fsp3) is 0.118. The van der Waals surface area contributed by atoms with Gasteiger partial charge in [-0.3, -0.25) is 10.1 Å². The average molecular weight is 391 g/mol. The van der Waals surface area contributed by atoms with Crippen molar-refractivity contribution < 1.29 is 18.8 Å². The number of aromatic nitrogens is 3. The van der Waals surface area contributed by atoms with E-state index in [2.05, 4.69) is 10.1 Å². The van der Waals surface area contributed by atoms with E-state index in [0.29, 0.717) is 5.56 Å². The highest BCUT2D eigenvalue weighted by atomic mass is 35.5. The summed E-state index contributed by atoms with van der Waals surface area (Å²) >= 11 is 5.96. The van der Waals surface area contributed by atoms with Crippen molar-refractivity contribution in [1.82, 2.24) is 14.8 Å². The number of esters is 1. The van der Waals surface area contributed by atoms with Crippen molar-refractivity contribution in [3.63, 3.8) is 0 Å². The van der Waals surface area contributed by atoms with Crippen LogP contribution < -0.4 is 0 Å². The fourth-order valence-corrected chi connectivity index (χ4v) is 2.54. The first-order valence-corrected chi connectivity index (χ1v) is 8.13. The predicted octanol–water partition coefficient (Wildman–Crippen LogP) is 3.81. The Morgan fingerprint density at radius 2 is 2.11 bits per heavy atom. The van der Waals surface area contributed by atoms with Gasteiger partial charge >= 0.3 is 5.97 Å². The molecule has 0 saturated carbocycles. The first-order chi connectivity index (χ1) is 12.9. The van der Waals surface area contributed by atoms with Crippen LogP contribution in [0.25, 0.3) is 17.1 Å². The first kappa shape index (κ1) is 18.5. The molecule has 0 aliphatic heterocycles. The van der Waals surface area contributed by atoms with Gasteiger partial charge in [0.1, 0.15) is 11.5 Å². The van der Waals surface area contributed by atoms with Gasteiger partial charge < -0.3 is 4.74 Å². The minimum atomic E-state index is -0.832. The van der Waals surface area contributed by atoms with E-state index >= 15 is 0 Å².